The molecule has 17 heavy (non-hydrogen) atoms. The van der Waals surface area contributed by atoms with Crippen LogP contribution in [0.1, 0.15) is 24.0 Å². The van der Waals surface area contributed by atoms with Crippen LogP contribution in [0.2, 0.25) is 0 Å². The molecule has 4 heteroatoms. The van der Waals surface area contributed by atoms with E-state index in [1.54, 1.807) is 0 Å². The van der Waals surface area contributed by atoms with Crippen LogP contribution in [-0.4, -0.2) is 23.7 Å². The van der Waals surface area contributed by atoms with Crippen LogP contribution < -0.4 is 0 Å². The van der Waals surface area contributed by atoms with Gasteiger partial charge in [0, 0.05) is 6.42 Å². The Bertz CT molecular complexity index is 381. The first-order valence-corrected chi connectivity index (χ1v) is 5.51. The van der Waals surface area contributed by atoms with Gasteiger partial charge in [-0.05, 0) is 18.9 Å². The van der Waals surface area contributed by atoms with E-state index in [2.05, 4.69) is 0 Å². The lowest BCUT2D eigenvalue weighted by atomic mass is 10.1. The predicted octanol–water partition coefficient (Wildman–Crippen LogP) is 1.95. The van der Waals surface area contributed by atoms with E-state index < -0.39 is 5.97 Å². The van der Waals surface area contributed by atoms with Crippen LogP contribution in [0.3, 0.4) is 0 Å². The highest BCUT2D eigenvalue weighted by molar-refractivity contribution is 5.72. The quantitative estimate of drug-likeness (QED) is 0.605. The van der Waals surface area contributed by atoms with E-state index in [-0.39, 0.29) is 25.4 Å². The molecule has 0 aliphatic rings. The molecule has 1 rings (SSSR count). The second-order valence-electron chi connectivity index (χ2n) is 3.88. The van der Waals surface area contributed by atoms with Crippen molar-refractivity contribution in [3.05, 3.63) is 35.4 Å². The van der Waals surface area contributed by atoms with Crippen LogP contribution in [0.25, 0.3) is 0 Å². The molecule has 0 atom stereocenters. The van der Waals surface area contributed by atoms with Gasteiger partial charge < -0.3 is 9.84 Å². The van der Waals surface area contributed by atoms with E-state index in [0.29, 0.717) is 6.42 Å². The van der Waals surface area contributed by atoms with Gasteiger partial charge in [-0.15, -0.1) is 0 Å². The third kappa shape index (κ3) is 5.70. The molecule has 0 saturated heterocycles. The minimum absolute atomic E-state index is 0.0256. The Morgan fingerprint density at radius 2 is 1.88 bits per heavy atom. The summed E-state index contributed by atoms with van der Waals surface area (Å²) < 4.78 is 4.92. The minimum Gasteiger partial charge on any atom is -0.481 e. The highest BCUT2D eigenvalue weighted by Gasteiger charge is 2.05. The van der Waals surface area contributed by atoms with Crippen molar-refractivity contribution < 1.29 is 19.4 Å². The van der Waals surface area contributed by atoms with Gasteiger partial charge in [-0.25, -0.2) is 0 Å². The molecular weight excluding hydrogens is 220 g/mol. The number of esters is 1. The van der Waals surface area contributed by atoms with Gasteiger partial charge >= 0.3 is 11.9 Å². The number of carbonyl (C=O) groups is 2. The van der Waals surface area contributed by atoms with E-state index in [4.69, 9.17) is 9.84 Å². The van der Waals surface area contributed by atoms with Gasteiger partial charge in [-0.2, -0.15) is 0 Å². The molecule has 0 fully saturated rings. The maximum atomic E-state index is 11.4. The molecular formula is C13H16O4. The molecule has 0 unspecified atom stereocenters. The lowest BCUT2D eigenvalue weighted by molar-refractivity contribution is -0.144. The Balaban J connectivity index is 2.25. The number of ether oxygens (including phenoxy) is 1. The van der Waals surface area contributed by atoms with Crippen molar-refractivity contribution >= 4 is 11.9 Å². The lowest BCUT2D eigenvalue weighted by Gasteiger charge is -2.04. The molecule has 0 spiro atoms. The summed E-state index contributed by atoms with van der Waals surface area (Å²) in [6.45, 7) is 2.14. The summed E-state index contributed by atoms with van der Waals surface area (Å²) >= 11 is 0. The van der Waals surface area contributed by atoms with Gasteiger partial charge in [-0.1, -0.05) is 29.8 Å². The zero-order valence-corrected chi connectivity index (χ0v) is 9.81. The average Bonchev–Trinajstić information content (AvgIpc) is 2.27. The minimum atomic E-state index is -0.875. The van der Waals surface area contributed by atoms with Crippen molar-refractivity contribution in [2.75, 3.05) is 6.61 Å². The number of rotatable bonds is 6. The summed E-state index contributed by atoms with van der Waals surface area (Å²) in [5.41, 5.74) is 2.04. The number of carboxylic acids is 1. The van der Waals surface area contributed by atoms with Crippen molar-refractivity contribution in [2.45, 2.75) is 26.2 Å². The number of carbonyl (C=O) groups excluding carboxylic acids is 1. The Kier molecular flexibility index (Phi) is 5.20. The first-order valence-electron chi connectivity index (χ1n) is 5.51. The highest BCUT2D eigenvalue weighted by atomic mass is 16.5. The second kappa shape index (κ2) is 6.68. The van der Waals surface area contributed by atoms with Gasteiger partial charge in [0.25, 0.3) is 0 Å². The molecule has 4 nitrogen and oxygen atoms in total. The molecule has 0 bridgehead atoms. The van der Waals surface area contributed by atoms with Crippen molar-refractivity contribution in [1.29, 1.82) is 0 Å². The first kappa shape index (κ1) is 13.2. The maximum Gasteiger partial charge on any atom is 0.310 e. The normalized spacial score (nSPS) is 9.94. The number of hydrogen-bond acceptors (Lipinski definition) is 3. The largest absolute Gasteiger partial charge is 0.481 e. The molecule has 1 aromatic rings. The van der Waals surface area contributed by atoms with Gasteiger partial charge in [0.2, 0.25) is 0 Å². The molecule has 0 radical (unpaired) electrons. The van der Waals surface area contributed by atoms with Crippen molar-refractivity contribution in [1.82, 2.24) is 0 Å². The maximum absolute atomic E-state index is 11.4. The van der Waals surface area contributed by atoms with Gasteiger partial charge in [0.05, 0.1) is 13.0 Å². The standard InChI is InChI=1S/C13H16O4/c1-10-4-6-11(7-5-10)9-13(16)17-8-2-3-12(14)15/h4-7H,2-3,8-9H2,1H3,(H,14,15). The third-order valence-electron chi connectivity index (χ3n) is 2.27. The van der Waals surface area contributed by atoms with E-state index >= 15 is 0 Å². The van der Waals surface area contributed by atoms with Crippen molar-refractivity contribution in [3.8, 4) is 0 Å². The van der Waals surface area contributed by atoms with E-state index in [0.717, 1.165) is 11.1 Å². The molecule has 1 N–H and O–H groups in total. The summed E-state index contributed by atoms with van der Waals surface area (Å²) in [7, 11) is 0. The van der Waals surface area contributed by atoms with Crippen LogP contribution in [0.4, 0.5) is 0 Å². The molecule has 92 valence electrons. The Morgan fingerprint density at radius 3 is 2.47 bits per heavy atom. The SMILES string of the molecule is Cc1ccc(CC(=O)OCCCC(=O)O)cc1. The second-order valence-corrected chi connectivity index (χ2v) is 3.88. The fourth-order valence-electron chi connectivity index (χ4n) is 1.33. The van der Waals surface area contributed by atoms with Crippen molar-refractivity contribution in [2.24, 2.45) is 0 Å². The lowest BCUT2D eigenvalue weighted by Crippen LogP contribution is -2.10. The zero-order valence-electron chi connectivity index (χ0n) is 9.81. The summed E-state index contributed by atoms with van der Waals surface area (Å²) in [4.78, 5) is 21.6. The summed E-state index contributed by atoms with van der Waals surface area (Å²) in [6, 6.07) is 7.64. The van der Waals surface area contributed by atoms with E-state index in [9.17, 15) is 9.59 Å². The van der Waals surface area contributed by atoms with Crippen LogP contribution in [-0.2, 0) is 20.7 Å². The summed E-state index contributed by atoms with van der Waals surface area (Å²) in [5.74, 6) is -1.20. The monoisotopic (exact) mass is 236 g/mol. The van der Waals surface area contributed by atoms with Crippen LogP contribution >= 0.6 is 0 Å². The molecule has 0 aliphatic heterocycles. The highest BCUT2D eigenvalue weighted by Crippen LogP contribution is 2.05. The smallest absolute Gasteiger partial charge is 0.310 e. The van der Waals surface area contributed by atoms with Crippen molar-refractivity contribution in [3.63, 3.8) is 0 Å². The average molecular weight is 236 g/mol. The molecule has 0 amide bonds. The topological polar surface area (TPSA) is 63.6 Å². The van der Waals surface area contributed by atoms with Crippen LogP contribution in [0.5, 0.6) is 0 Å². The molecule has 0 aromatic heterocycles. The number of hydrogen-bond donors (Lipinski definition) is 1. The summed E-state index contributed by atoms with van der Waals surface area (Å²) in [5, 5.41) is 8.40. The van der Waals surface area contributed by atoms with E-state index in [1.165, 1.54) is 0 Å². The molecule has 1 aromatic carbocycles. The van der Waals surface area contributed by atoms with Crippen LogP contribution in [0, 0.1) is 6.92 Å². The number of benzene rings is 1. The van der Waals surface area contributed by atoms with Gasteiger partial charge in [0.15, 0.2) is 0 Å². The van der Waals surface area contributed by atoms with Gasteiger partial charge in [-0.3, -0.25) is 9.59 Å². The Hall–Kier alpha value is -1.84. The van der Waals surface area contributed by atoms with Gasteiger partial charge in [0.1, 0.15) is 0 Å². The first-order chi connectivity index (χ1) is 8.08. The number of aryl methyl sites for hydroxylation is 1. The Labute approximate surface area is 100 Å². The number of carboxylic acid groups (broad SMARTS) is 1. The van der Waals surface area contributed by atoms with Crippen LogP contribution in [0.15, 0.2) is 24.3 Å². The Morgan fingerprint density at radius 1 is 1.24 bits per heavy atom. The molecule has 0 aliphatic carbocycles. The molecule has 0 saturated carbocycles. The van der Waals surface area contributed by atoms with E-state index in [1.807, 2.05) is 31.2 Å². The zero-order chi connectivity index (χ0) is 12.7. The fourth-order valence-corrected chi connectivity index (χ4v) is 1.33. The third-order valence-corrected chi connectivity index (χ3v) is 2.27. The predicted molar refractivity (Wildman–Crippen MR) is 62.7 cm³/mol. The fraction of sp³-hybridized carbons (Fsp3) is 0.385. The summed E-state index contributed by atoms with van der Waals surface area (Å²) in [6.07, 6.45) is 0.611. The number of aliphatic carboxylic acids is 1. The molecule has 0 heterocycles.